The zero-order valence-corrected chi connectivity index (χ0v) is 21.0. The second kappa shape index (κ2) is 14.6. The van der Waals surface area contributed by atoms with E-state index in [1.54, 1.807) is 0 Å². The van der Waals surface area contributed by atoms with Crippen LogP contribution in [0.4, 0.5) is 0 Å². The van der Waals surface area contributed by atoms with Crippen molar-refractivity contribution in [3.05, 3.63) is 48.1 Å². The highest BCUT2D eigenvalue weighted by Crippen LogP contribution is 2.39. The molecule has 0 aromatic heterocycles. The predicted molar refractivity (Wildman–Crippen MR) is 140 cm³/mol. The molecule has 0 bridgehead atoms. The first-order chi connectivity index (χ1) is 15.8. The highest BCUT2D eigenvalue weighted by molar-refractivity contribution is 5.75. The standard InChI is InChI=1S/C31H48O/c1-3-5-7-8-9-10-12-26-13-15-27(16-14-26)28-17-19-29(20-18-28)30-21-23-31(24-22-30)32-25-11-6-4-2/h17,19-24,26-28H,3-16,18,25H2,1-2H3. The van der Waals surface area contributed by atoms with Gasteiger partial charge in [0.15, 0.2) is 0 Å². The Labute approximate surface area is 198 Å². The van der Waals surface area contributed by atoms with Crippen LogP contribution in [-0.4, -0.2) is 6.61 Å². The van der Waals surface area contributed by atoms with E-state index in [2.05, 4.69) is 56.3 Å². The van der Waals surface area contributed by atoms with Crippen molar-refractivity contribution in [2.75, 3.05) is 6.61 Å². The van der Waals surface area contributed by atoms with E-state index in [9.17, 15) is 0 Å². The van der Waals surface area contributed by atoms with Crippen LogP contribution in [0.2, 0.25) is 0 Å². The second-order valence-electron chi connectivity index (χ2n) is 10.3. The molecule has 1 aromatic rings. The number of unbranched alkanes of at least 4 members (excludes halogenated alkanes) is 7. The normalized spacial score (nSPS) is 23.2. The molecular formula is C31H48O. The summed E-state index contributed by atoms with van der Waals surface area (Å²) in [6.45, 7) is 5.37. The third kappa shape index (κ3) is 8.45. The molecule has 0 spiro atoms. The van der Waals surface area contributed by atoms with Crippen molar-refractivity contribution < 1.29 is 4.74 Å². The van der Waals surface area contributed by atoms with E-state index < -0.39 is 0 Å². The van der Waals surface area contributed by atoms with Crippen LogP contribution in [0.5, 0.6) is 5.75 Å². The van der Waals surface area contributed by atoms with Crippen molar-refractivity contribution in [2.24, 2.45) is 17.8 Å². The lowest BCUT2D eigenvalue weighted by Crippen LogP contribution is -2.21. The van der Waals surface area contributed by atoms with Gasteiger partial charge in [-0.2, -0.15) is 0 Å². The highest BCUT2D eigenvalue weighted by atomic mass is 16.5. The average Bonchev–Trinajstić information content (AvgIpc) is 2.85. The third-order valence-corrected chi connectivity index (χ3v) is 7.80. The summed E-state index contributed by atoms with van der Waals surface area (Å²) in [6.07, 6.45) is 28.2. The van der Waals surface area contributed by atoms with E-state index >= 15 is 0 Å². The summed E-state index contributed by atoms with van der Waals surface area (Å²) < 4.78 is 5.86. The smallest absolute Gasteiger partial charge is 0.119 e. The van der Waals surface area contributed by atoms with Gasteiger partial charge in [-0.25, -0.2) is 0 Å². The van der Waals surface area contributed by atoms with E-state index in [1.807, 2.05) is 0 Å². The van der Waals surface area contributed by atoms with Gasteiger partial charge in [-0.1, -0.05) is 115 Å². The molecule has 0 radical (unpaired) electrons. The fourth-order valence-electron chi connectivity index (χ4n) is 5.60. The van der Waals surface area contributed by atoms with Crippen molar-refractivity contribution in [3.8, 4) is 5.75 Å². The van der Waals surface area contributed by atoms with Crippen LogP contribution in [-0.2, 0) is 0 Å². The highest BCUT2D eigenvalue weighted by Gasteiger charge is 2.26. The van der Waals surface area contributed by atoms with Gasteiger partial charge in [0.2, 0.25) is 0 Å². The lowest BCUT2D eigenvalue weighted by Gasteiger charge is -2.33. The summed E-state index contributed by atoms with van der Waals surface area (Å²) >= 11 is 0. The van der Waals surface area contributed by atoms with Crippen molar-refractivity contribution in [3.63, 3.8) is 0 Å². The predicted octanol–water partition coefficient (Wildman–Crippen LogP) is 9.77. The molecule has 0 saturated heterocycles. The number of allylic oxidation sites excluding steroid dienone is 4. The van der Waals surface area contributed by atoms with Crippen LogP contribution in [0.25, 0.3) is 5.57 Å². The maximum absolute atomic E-state index is 5.86. The summed E-state index contributed by atoms with van der Waals surface area (Å²) in [5.41, 5.74) is 2.71. The van der Waals surface area contributed by atoms with Crippen LogP contribution in [0.3, 0.4) is 0 Å². The molecule has 0 amide bonds. The third-order valence-electron chi connectivity index (χ3n) is 7.80. The Morgan fingerprint density at radius 1 is 0.781 bits per heavy atom. The fraction of sp³-hybridized carbons (Fsp3) is 0.677. The van der Waals surface area contributed by atoms with Crippen molar-refractivity contribution in [1.29, 1.82) is 0 Å². The lowest BCUT2D eigenvalue weighted by atomic mass is 9.72. The van der Waals surface area contributed by atoms with Gasteiger partial charge in [0, 0.05) is 0 Å². The molecule has 0 heterocycles. The van der Waals surface area contributed by atoms with Gasteiger partial charge in [-0.15, -0.1) is 0 Å². The zero-order valence-electron chi connectivity index (χ0n) is 21.0. The minimum absolute atomic E-state index is 0.759. The molecule has 3 rings (SSSR count). The Morgan fingerprint density at radius 3 is 2.16 bits per heavy atom. The second-order valence-corrected chi connectivity index (χ2v) is 10.3. The summed E-state index contributed by atoms with van der Waals surface area (Å²) in [5, 5.41) is 0. The Balaban J connectivity index is 1.35. The summed E-state index contributed by atoms with van der Waals surface area (Å²) in [7, 11) is 0. The molecular weight excluding hydrogens is 388 g/mol. The van der Waals surface area contributed by atoms with Crippen LogP contribution < -0.4 is 4.74 Å². The van der Waals surface area contributed by atoms with Crippen molar-refractivity contribution in [2.45, 2.75) is 110 Å². The Hall–Kier alpha value is -1.50. The number of hydrogen-bond donors (Lipinski definition) is 0. The fourth-order valence-corrected chi connectivity index (χ4v) is 5.60. The van der Waals surface area contributed by atoms with E-state index in [1.165, 1.54) is 101 Å². The number of hydrogen-bond acceptors (Lipinski definition) is 1. The van der Waals surface area contributed by atoms with Crippen molar-refractivity contribution >= 4 is 5.57 Å². The maximum atomic E-state index is 5.86. The molecule has 1 saturated carbocycles. The van der Waals surface area contributed by atoms with E-state index in [0.717, 1.165) is 36.5 Å². The molecule has 178 valence electrons. The van der Waals surface area contributed by atoms with Crippen LogP contribution >= 0.6 is 0 Å². The van der Waals surface area contributed by atoms with E-state index in [0.29, 0.717) is 0 Å². The quantitative estimate of drug-likeness (QED) is 0.264. The van der Waals surface area contributed by atoms with Gasteiger partial charge >= 0.3 is 0 Å². The van der Waals surface area contributed by atoms with Crippen LogP contribution in [0.15, 0.2) is 42.5 Å². The maximum Gasteiger partial charge on any atom is 0.119 e. The summed E-state index contributed by atoms with van der Waals surface area (Å²) in [5.74, 6) is 3.68. The molecule has 1 aromatic carbocycles. The van der Waals surface area contributed by atoms with Gasteiger partial charge in [0.05, 0.1) is 6.61 Å². The van der Waals surface area contributed by atoms with Gasteiger partial charge in [0.1, 0.15) is 5.75 Å². The van der Waals surface area contributed by atoms with Crippen LogP contribution in [0, 0.1) is 17.8 Å². The number of benzene rings is 1. The largest absolute Gasteiger partial charge is 0.494 e. The molecule has 1 fully saturated rings. The van der Waals surface area contributed by atoms with E-state index in [4.69, 9.17) is 4.74 Å². The lowest BCUT2D eigenvalue weighted by molar-refractivity contribution is 0.218. The number of rotatable bonds is 14. The first kappa shape index (κ1) is 25.1. The molecule has 1 atom stereocenters. The number of ether oxygens (including phenoxy) is 1. The molecule has 0 aliphatic heterocycles. The SMILES string of the molecule is CCCCCCCCC1CCC(C2C=CC(c3ccc(OCCCCC)cc3)=CC2)CC1. The summed E-state index contributed by atoms with van der Waals surface area (Å²) in [6, 6.07) is 8.71. The Bertz CT molecular complexity index is 675. The molecule has 1 nitrogen and oxygen atoms in total. The Kier molecular flexibility index (Phi) is 11.5. The molecule has 1 heteroatoms. The molecule has 0 N–H and O–H groups in total. The molecule has 1 unspecified atom stereocenters. The van der Waals surface area contributed by atoms with Crippen LogP contribution in [0.1, 0.15) is 116 Å². The minimum Gasteiger partial charge on any atom is -0.494 e. The Morgan fingerprint density at radius 2 is 1.47 bits per heavy atom. The van der Waals surface area contributed by atoms with Gasteiger partial charge < -0.3 is 4.74 Å². The zero-order chi connectivity index (χ0) is 22.4. The minimum atomic E-state index is 0.759. The van der Waals surface area contributed by atoms with Crippen molar-refractivity contribution in [1.82, 2.24) is 0 Å². The van der Waals surface area contributed by atoms with Gasteiger partial charge in [-0.3, -0.25) is 0 Å². The van der Waals surface area contributed by atoms with Gasteiger partial charge in [-0.05, 0) is 66.7 Å². The first-order valence-electron chi connectivity index (χ1n) is 13.9. The first-order valence-corrected chi connectivity index (χ1v) is 13.9. The molecule has 2 aliphatic rings. The van der Waals surface area contributed by atoms with E-state index in [-0.39, 0.29) is 0 Å². The van der Waals surface area contributed by atoms with Gasteiger partial charge in [0.25, 0.3) is 0 Å². The molecule has 2 aliphatic carbocycles. The summed E-state index contributed by atoms with van der Waals surface area (Å²) in [4.78, 5) is 0. The average molecular weight is 437 g/mol. The topological polar surface area (TPSA) is 9.23 Å². The molecule has 32 heavy (non-hydrogen) atoms. The monoisotopic (exact) mass is 436 g/mol.